The molecule has 1 fully saturated rings. The standard InChI is InChI=1S/C16H19N3O/c1-12-5-4-10-19(16(12)20)14-8-9-15(17-11-14)18-13-6-2-3-7-13/h4-5,8-11,13H,2-3,6-7H2,1H3,(H,17,18). The van der Waals surface area contributed by atoms with E-state index < -0.39 is 0 Å². The minimum atomic E-state index is 0.00537. The number of pyridine rings is 2. The zero-order valence-corrected chi connectivity index (χ0v) is 11.7. The maximum absolute atomic E-state index is 12.1. The molecule has 20 heavy (non-hydrogen) atoms. The lowest BCUT2D eigenvalue weighted by atomic mass is 10.2. The van der Waals surface area contributed by atoms with Crippen molar-refractivity contribution in [2.75, 3.05) is 5.32 Å². The van der Waals surface area contributed by atoms with Crippen LogP contribution in [0.4, 0.5) is 5.82 Å². The minimum Gasteiger partial charge on any atom is -0.367 e. The number of nitrogens with zero attached hydrogens (tertiary/aromatic N) is 2. The van der Waals surface area contributed by atoms with E-state index in [9.17, 15) is 4.79 Å². The lowest BCUT2D eigenvalue weighted by Crippen LogP contribution is -2.20. The van der Waals surface area contributed by atoms with E-state index in [1.807, 2.05) is 31.2 Å². The number of rotatable bonds is 3. The van der Waals surface area contributed by atoms with Crippen LogP contribution in [0.25, 0.3) is 5.69 Å². The topological polar surface area (TPSA) is 46.9 Å². The van der Waals surface area contributed by atoms with Gasteiger partial charge in [0.2, 0.25) is 0 Å². The maximum atomic E-state index is 12.1. The Morgan fingerprint density at radius 1 is 1.25 bits per heavy atom. The summed E-state index contributed by atoms with van der Waals surface area (Å²) in [6, 6.07) is 8.13. The summed E-state index contributed by atoms with van der Waals surface area (Å²) in [5.41, 5.74) is 1.54. The van der Waals surface area contributed by atoms with E-state index in [2.05, 4.69) is 10.3 Å². The van der Waals surface area contributed by atoms with Crippen LogP contribution in [0.2, 0.25) is 0 Å². The molecular weight excluding hydrogens is 250 g/mol. The number of aromatic nitrogens is 2. The summed E-state index contributed by atoms with van der Waals surface area (Å²) >= 11 is 0. The highest BCUT2D eigenvalue weighted by atomic mass is 16.1. The Kier molecular flexibility index (Phi) is 3.54. The zero-order valence-electron chi connectivity index (χ0n) is 11.7. The Bertz CT molecular complexity index is 640. The smallest absolute Gasteiger partial charge is 0.258 e. The third-order valence-corrected chi connectivity index (χ3v) is 3.87. The molecule has 0 saturated heterocycles. The molecule has 4 nitrogen and oxygen atoms in total. The van der Waals surface area contributed by atoms with Gasteiger partial charge in [0.05, 0.1) is 11.9 Å². The van der Waals surface area contributed by atoms with Gasteiger partial charge in [-0.1, -0.05) is 18.9 Å². The van der Waals surface area contributed by atoms with Gasteiger partial charge < -0.3 is 5.32 Å². The third-order valence-electron chi connectivity index (χ3n) is 3.87. The van der Waals surface area contributed by atoms with Crippen molar-refractivity contribution in [3.05, 3.63) is 52.6 Å². The van der Waals surface area contributed by atoms with Crippen molar-refractivity contribution < 1.29 is 0 Å². The predicted molar refractivity (Wildman–Crippen MR) is 80.4 cm³/mol. The first-order valence-electron chi connectivity index (χ1n) is 7.15. The molecule has 3 rings (SSSR count). The van der Waals surface area contributed by atoms with Gasteiger partial charge in [-0.15, -0.1) is 0 Å². The van der Waals surface area contributed by atoms with Gasteiger partial charge in [0.25, 0.3) is 5.56 Å². The monoisotopic (exact) mass is 269 g/mol. The molecule has 2 aromatic rings. The first-order valence-corrected chi connectivity index (χ1v) is 7.15. The Morgan fingerprint density at radius 3 is 2.75 bits per heavy atom. The second kappa shape index (κ2) is 5.49. The van der Waals surface area contributed by atoms with Crippen LogP contribution in [0.1, 0.15) is 31.2 Å². The summed E-state index contributed by atoms with van der Waals surface area (Å²) in [4.78, 5) is 16.5. The van der Waals surface area contributed by atoms with E-state index in [1.54, 1.807) is 17.0 Å². The van der Waals surface area contributed by atoms with Gasteiger partial charge in [-0.3, -0.25) is 9.36 Å². The van der Waals surface area contributed by atoms with Crippen LogP contribution < -0.4 is 10.9 Å². The van der Waals surface area contributed by atoms with Gasteiger partial charge >= 0.3 is 0 Å². The highest BCUT2D eigenvalue weighted by Crippen LogP contribution is 2.21. The molecule has 104 valence electrons. The fraction of sp³-hybridized carbons (Fsp3) is 0.375. The molecule has 0 aromatic carbocycles. The van der Waals surface area contributed by atoms with E-state index in [0.717, 1.165) is 17.1 Å². The molecule has 0 bridgehead atoms. The normalized spacial score (nSPS) is 15.4. The van der Waals surface area contributed by atoms with Gasteiger partial charge in [0, 0.05) is 17.8 Å². The number of hydrogen-bond acceptors (Lipinski definition) is 3. The van der Waals surface area contributed by atoms with Gasteiger partial charge in [0.1, 0.15) is 5.82 Å². The second-order valence-corrected chi connectivity index (χ2v) is 5.39. The highest BCUT2D eigenvalue weighted by molar-refractivity contribution is 5.42. The molecule has 0 atom stereocenters. The molecule has 1 aliphatic rings. The van der Waals surface area contributed by atoms with Gasteiger partial charge in [-0.25, -0.2) is 4.98 Å². The molecule has 0 unspecified atom stereocenters. The van der Waals surface area contributed by atoms with Crippen LogP contribution in [-0.2, 0) is 0 Å². The highest BCUT2D eigenvalue weighted by Gasteiger charge is 2.14. The Labute approximate surface area is 118 Å². The minimum absolute atomic E-state index is 0.00537. The first-order chi connectivity index (χ1) is 9.74. The fourth-order valence-electron chi connectivity index (χ4n) is 2.70. The summed E-state index contributed by atoms with van der Waals surface area (Å²) in [7, 11) is 0. The second-order valence-electron chi connectivity index (χ2n) is 5.39. The van der Waals surface area contributed by atoms with Crippen molar-refractivity contribution in [1.82, 2.24) is 9.55 Å². The van der Waals surface area contributed by atoms with E-state index in [0.29, 0.717) is 6.04 Å². The summed E-state index contributed by atoms with van der Waals surface area (Å²) in [6.45, 7) is 1.82. The molecule has 2 aromatic heterocycles. The van der Waals surface area contributed by atoms with Gasteiger partial charge in [-0.05, 0) is 38.0 Å². The average molecular weight is 269 g/mol. The number of aryl methyl sites for hydroxylation is 1. The summed E-state index contributed by atoms with van der Waals surface area (Å²) in [5.74, 6) is 0.890. The number of anilines is 1. The number of nitrogens with one attached hydrogen (secondary N) is 1. The Morgan fingerprint density at radius 2 is 2.05 bits per heavy atom. The van der Waals surface area contributed by atoms with Crippen LogP contribution in [0, 0.1) is 6.92 Å². The largest absolute Gasteiger partial charge is 0.367 e. The quantitative estimate of drug-likeness (QED) is 0.932. The third kappa shape index (κ3) is 2.59. The average Bonchev–Trinajstić information content (AvgIpc) is 2.96. The Hall–Kier alpha value is -2.10. The zero-order chi connectivity index (χ0) is 13.9. The van der Waals surface area contributed by atoms with Crippen LogP contribution in [0.15, 0.2) is 41.5 Å². The van der Waals surface area contributed by atoms with E-state index in [4.69, 9.17) is 0 Å². The van der Waals surface area contributed by atoms with E-state index >= 15 is 0 Å². The van der Waals surface area contributed by atoms with Crippen molar-refractivity contribution >= 4 is 5.82 Å². The van der Waals surface area contributed by atoms with Crippen molar-refractivity contribution in [1.29, 1.82) is 0 Å². The molecule has 1 N–H and O–H groups in total. The predicted octanol–water partition coefficient (Wildman–Crippen LogP) is 2.90. The van der Waals surface area contributed by atoms with Crippen molar-refractivity contribution in [2.45, 2.75) is 38.6 Å². The van der Waals surface area contributed by atoms with E-state index in [1.165, 1.54) is 25.7 Å². The summed E-state index contributed by atoms with van der Waals surface area (Å²) in [6.07, 6.45) is 8.57. The fourth-order valence-corrected chi connectivity index (χ4v) is 2.70. The molecule has 1 aliphatic carbocycles. The maximum Gasteiger partial charge on any atom is 0.258 e. The SMILES string of the molecule is Cc1cccn(-c2ccc(NC3CCCC3)nc2)c1=O. The molecule has 0 radical (unpaired) electrons. The molecule has 0 amide bonds. The van der Waals surface area contributed by atoms with Crippen molar-refractivity contribution in [3.8, 4) is 5.69 Å². The molecule has 1 saturated carbocycles. The summed E-state index contributed by atoms with van der Waals surface area (Å²) in [5, 5.41) is 3.45. The van der Waals surface area contributed by atoms with Gasteiger partial charge in [0.15, 0.2) is 0 Å². The lowest BCUT2D eigenvalue weighted by molar-refractivity contribution is 0.750. The first kappa shape index (κ1) is 12.9. The van der Waals surface area contributed by atoms with Crippen LogP contribution in [0.3, 0.4) is 0 Å². The molecule has 0 spiro atoms. The van der Waals surface area contributed by atoms with Crippen LogP contribution >= 0.6 is 0 Å². The molecule has 4 heteroatoms. The molecule has 0 aliphatic heterocycles. The van der Waals surface area contributed by atoms with Crippen LogP contribution in [0.5, 0.6) is 0 Å². The molecular formula is C16H19N3O. The lowest BCUT2D eigenvalue weighted by Gasteiger charge is -2.13. The van der Waals surface area contributed by atoms with Gasteiger partial charge in [-0.2, -0.15) is 0 Å². The van der Waals surface area contributed by atoms with E-state index in [-0.39, 0.29) is 5.56 Å². The summed E-state index contributed by atoms with van der Waals surface area (Å²) < 4.78 is 1.63. The van der Waals surface area contributed by atoms with Crippen molar-refractivity contribution in [3.63, 3.8) is 0 Å². The molecule has 2 heterocycles. The van der Waals surface area contributed by atoms with Crippen molar-refractivity contribution in [2.24, 2.45) is 0 Å². The Balaban J connectivity index is 1.82. The number of hydrogen-bond donors (Lipinski definition) is 1. The van der Waals surface area contributed by atoms with Crippen LogP contribution in [-0.4, -0.2) is 15.6 Å².